The summed E-state index contributed by atoms with van der Waals surface area (Å²) < 4.78 is 10.8. The Kier molecular flexibility index (Phi) is 13.3. The van der Waals surface area contributed by atoms with Crippen molar-refractivity contribution in [2.24, 2.45) is 0 Å². The molecule has 1 fully saturated rings. The van der Waals surface area contributed by atoms with Crippen LogP contribution in [0.25, 0.3) is 0 Å². The van der Waals surface area contributed by atoms with Crippen LogP contribution in [-0.2, 0) is 9.47 Å². The van der Waals surface area contributed by atoms with E-state index in [9.17, 15) is 15.3 Å². The predicted octanol–water partition coefficient (Wildman–Crippen LogP) is 2.96. The molecule has 0 spiro atoms. The third-order valence-corrected chi connectivity index (χ3v) is 4.67. The molecule has 25 heavy (non-hydrogen) atoms. The summed E-state index contributed by atoms with van der Waals surface area (Å²) in [5.74, 6) is 0. The van der Waals surface area contributed by atoms with E-state index in [1.165, 1.54) is 51.4 Å². The van der Waals surface area contributed by atoms with Crippen LogP contribution >= 0.6 is 0 Å². The monoisotopic (exact) mass is 358 g/mol. The Balaban J connectivity index is 1.85. The van der Waals surface area contributed by atoms with E-state index >= 15 is 0 Å². The summed E-state index contributed by atoms with van der Waals surface area (Å²) in [5, 5.41) is 28.8. The Labute approximate surface area is 153 Å². The van der Waals surface area contributed by atoms with E-state index < -0.39 is 24.4 Å². The minimum Gasteiger partial charge on any atom is -0.388 e. The Morgan fingerprint density at radius 2 is 1.52 bits per heavy atom. The molecule has 1 rings (SSSR count). The van der Waals surface area contributed by atoms with Gasteiger partial charge in [0.2, 0.25) is 0 Å². The van der Waals surface area contributed by atoms with Crippen molar-refractivity contribution in [1.82, 2.24) is 0 Å². The van der Waals surface area contributed by atoms with Crippen LogP contribution in [0.15, 0.2) is 12.2 Å². The standard InChI is InChI=1S/C20H38O5/c1-2-3-4-5-6-7-8-9-10-11-12-13-14-24-16-18-20(23)19(22)17(21)15-25-18/h4-5,17-23H,2-3,6-16H2,1H3/b5-4+/t17-,18+,19+,20+/m0/s1. The van der Waals surface area contributed by atoms with Gasteiger partial charge in [-0.15, -0.1) is 0 Å². The van der Waals surface area contributed by atoms with E-state index in [-0.39, 0.29) is 13.2 Å². The van der Waals surface area contributed by atoms with E-state index in [1.54, 1.807) is 0 Å². The van der Waals surface area contributed by atoms with Gasteiger partial charge in [0.15, 0.2) is 0 Å². The molecule has 0 aromatic heterocycles. The summed E-state index contributed by atoms with van der Waals surface area (Å²) in [6, 6.07) is 0. The molecule has 0 aromatic carbocycles. The zero-order valence-corrected chi connectivity index (χ0v) is 15.8. The molecule has 148 valence electrons. The van der Waals surface area contributed by atoms with Crippen LogP contribution in [0.5, 0.6) is 0 Å². The Hall–Kier alpha value is -0.460. The number of rotatable bonds is 14. The summed E-state index contributed by atoms with van der Waals surface area (Å²) in [7, 11) is 0. The maximum absolute atomic E-state index is 9.79. The molecule has 0 amide bonds. The second-order valence-corrected chi connectivity index (χ2v) is 7.02. The highest BCUT2D eigenvalue weighted by atomic mass is 16.6. The molecule has 3 N–H and O–H groups in total. The van der Waals surface area contributed by atoms with Crippen LogP contribution in [0.3, 0.4) is 0 Å². The van der Waals surface area contributed by atoms with Gasteiger partial charge in [-0.1, -0.05) is 57.6 Å². The van der Waals surface area contributed by atoms with Crippen LogP contribution in [0.1, 0.15) is 71.1 Å². The lowest BCUT2D eigenvalue weighted by molar-refractivity contribution is -0.199. The molecule has 0 aliphatic carbocycles. The molecule has 5 nitrogen and oxygen atoms in total. The van der Waals surface area contributed by atoms with E-state index in [0.29, 0.717) is 6.61 Å². The highest BCUT2D eigenvalue weighted by molar-refractivity contribution is 4.86. The Bertz CT molecular complexity index is 334. The topological polar surface area (TPSA) is 79.2 Å². The lowest BCUT2D eigenvalue weighted by Crippen LogP contribution is -2.54. The second-order valence-electron chi connectivity index (χ2n) is 7.02. The smallest absolute Gasteiger partial charge is 0.111 e. The highest BCUT2D eigenvalue weighted by Gasteiger charge is 2.37. The van der Waals surface area contributed by atoms with E-state index in [4.69, 9.17) is 9.47 Å². The van der Waals surface area contributed by atoms with Crippen molar-refractivity contribution in [3.05, 3.63) is 12.2 Å². The highest BCUT2D eigenvalue weighted by Crippen LogP contribution is 2.16. The van der Waals surface area contributed by atoms with Crippen molar-refractivity contribution in [1.29, 1.82) is 0 Å². The molecule has 0 saturated carbocycles. The van der Waals surface area contributed by atoms with Crippen LogP contribution in [0.2, 0.25) is 0 Å². The number of aliphatic hydroxyl groups excluding tert-OH is 3. The summed E-state index contributed by atoms with van der Waals surface area (Å²) in [5.41, 5.74) is 0. The minimum atomic E-state index is -1.15. The minimum absolute atomic E-state index is 0.0423. The van der Waals surface area contributed by atoms with E-state index in [1.807, 2.05) is 0 Å². The van der Waals surface area contributed by atoms with Gasteiger partial charge in [0.25, 0.3) is 0 Å². The maximum Gasteiger partial charge on any atom is 0.111 e. The van der Waals surface area contributed by atoms with Crippen LogP contribution in [0.4, 0.5) is 0 Å². The fourth-order valence-corrected chi connectivity index (χ4v) is 2.97. The number of unbranched alkanes of at least 4 members (excludes halogenated alkanes) is 8. The molecule has 5 heteroatoms. The number of hydrogen-bond acceptors (Lipinski definition) is 5. The van der Waals surface area contributed by atoms with Gasteiger partial charge in [0.1, 0.15) is 24.4 Å². The van der Waals surface area contributed by atoms with Crippen LogP contribution < -0.4 is 0 Å². The van der Waals surface area contributed by atoms with Crippen molar-refractivity contribution in [3.63, 3.8) is 0 Å². The van der Waals surface area contributed by atoms with Crippen molar-refractivity contribution in [2.45, 2.75) is 95.5 Å². The quantitative estimate of drug-likeness (QED) is 0.329. The van der Waals surface area contributed by atoms with Gasteiger partial charge in [-0.25, -0.2) is 0 Å². The zero-order chi connectivity index (χ0) is 18.3. The fraction of sp³-hybridized carbons (Fsp3) is 0.900. The van der Waals surface area contributed by atoms with E-state index in [2.05, 4.69) is 19.1 Å². The van der Waals surface area contributed by atoms with Crippen molar-refractivity contribution in [3.8, 4) is 0 Å². The predicted molar refractivity (Wildman–Crippen MR) is 99.6 cm³/mol. The molecule has 0 radical (unpaired) electrons. The molecule has 1 heterocycles. The number of allylic oxidation sites excluding steroid dienone is 2. The number of hydrogen-bond donors (Lipinski definition) is 3. The normalized spacial score (nSPS) is 27.2. The fourth-order valence-electron chi connectivity index (χ4n) is 2.97. The van der Waals surface area contributed by atoms with Gasteiger partial charge >= 0.3 is 0 Å². The van der Waals surface area contributed by atoms with Crippen molar-refractivity contribution < 1.29 is 24.8 Å². The first-order chi connectivity index (χ1) is 12.2. The van der Waals surface area contributed by atoms with Gasteiger partial charge in [0, 0.05) is 6.61 Å². The van der Waals surface area contributed by atoms with Crippen molar-refractivity contribution in [2.75, 3.05) is 19.8 Å². The Morgan fingerprint density at radius 1 is 0.880 bits per heavy atom. The molecular weight excluding hydrogens is 320 g/mol. The average Bonchev–Trinajstić information content (AvgIpc) is 2.61. The van der Waals surface area contributed by atoms with Crippen LogP contribution in [-0.4, -0.2) is 59.6 Å². The summed E-state index contributed by atoms with van der Waals surface area (Å²) in [4.78, 5) is 0. The van der Waals surface area contributed by atoms with Crippen LogP contribution in [0, 0.1) is 0 Å². The summed E-state index contributed by atoms with van der Waals surface area (Å²) in [6.45, 7) is 3.16. The van der Waals surface area contributed by atoms with Gasteiger partial charge in [-0.05, 0) is 25.7 Å². The largest absolute Gasteiger partial charge is 0.388 e. The molecule has 4 atom stereocenters. The third-order valence-electron chi connectivity index (χ3n) is 4.67. The molecule has 0 bridgehead atoms. The van der Waals surface area contributed by atoms with Gasteiger partial charge in [-0.2, -0.15) is 0 Å². The third kappa shape index (κ3) is 10.3. The summed E-state index contributed by atoms with van der Waals surface area (Å²) in [6.07, 6.45) is 13.1. The first-order valence-corrected chi connectivity index (χ1v) is 10.0. The molecular formula is C20H38O5. The molecule has 1 aliphatic heterocycles. The second kappa shape index (κ2) is 14.7. The number of ether oxygens (including phenoxy) is 2. The van der Waals surface area contributed by atoms with Gasteiger partial charge in [0.05, 0.1) is 13.2 Å². The lowest BCUT2D eigenvalue weighted by Gasteiger charge is -2.35. The van der Waals surface area contributed by atoms with Gasteiger partial charge < -0.3 is 24.8 Å². The summed E-state index contributed by atoms with van der Waals surface area (Å²) >= 11 is 0. The first-order valence-electron chi connectivity index (χ1n) is 10.0. The molecule has 0 unspecified atom stereocenters. The van der Waals surface area contributed by atoms with Gasteiger partial charge in [-0.3, -0.25) is 0 Å². The van der Waals surface area contributed by atoms with Crippen molar-refractivity contribution >= 4 is 0 Å². The molecule has 1 saturated heterocycles. The maximum atomic E-state index is 9.79. The lowest BCUT2D eigenvalue weighted by atomic mass is 10.0. The zero-order valence-electron chi connectivity index (χ0n) is 15.8. The average molecular weight is 359 g/mol. The Morgan fingerprint density at radius 3 is 2.24 bits per heavy atom. The molecule has 1 aliphatic rings. The first kappa shape index (κ1) is 22.6. The number of aliphatic hydroxyl groups is 3. The molecule has 0 aromatic rings. The SMILES string of the molecule is CCC/C=C/CCCCCCCCCOC[C@H]1OC[C@H](O)[C@@H](O)[C@@H]1O. The van der Waals surface area contributed by atoms with E-state index in [0.717, 1.165) is 12.8 Å².